The van der Waals surface area contributed by atoms with Crippen LogP contribution in [0, 0.1) is 17.6 Å². The molecule has 2 N–H and O–H groups in total. The summed E-state index contributed by atoms with van der Waals surface area (Å²) in [5.41, 5.74) is 6.28. The van der Waals surface area contributed by atoms with Gasteiger partial charge < -0.3 is 5.73 Å². The van der Waals surface area contributed by atoms with Gasteiger partial charge in [0.1, 0.15) is 11.6 Å². The smallest absolute Gasteiger partial charge is 0.248 e. The molecule has 2 nitrogen and oxygen atoms in total. The highest BCUT2D eigenvalue weighted by atomic mass is 19.3. The van der Waals surface area contributed by atoms with Crippen LogP contribution in [0.3, 0.4) is 0 Å². The zero-order valence-corrected chi connectivity index (χ0v) is 12.7. The second kappa shape index (κ2) is 6.07. The Bertz CT molecular complexity index is 855. The number of benzene rings is 1. The van der Waals surface area contributed by atoms with Crippen molar-refractivity contribution in [1.29, 1.82) is 0 Å². The summed E-state index contributed by atoms with van der Waals surface area (Å²) in [5, 5.41) is 0. The van der Waals surface area contributed by atoms with E-state index >= 15 is 0 Å². The summed E-state index contributed by atoms with van der Waals surface area (Å²) >= 11 is 0. The molecule has 0 aliphatic heterocycles. The summed E-state index contributed by atoms with van der Waals surface area (Å²) in [6.07, 6.45) is -0.0885. The van der Waals surface area contributed by atoms with Gasteiger partial charge in [0.05, 0.1) is 11.4 Å². The number of hydrogen-bond acceptors (Lipinski definition) is 2. The maximum Gasteiger partial charge on any atom is 0.248 e. The van der Waals surface area contributed by atoms with Gasteiger partial charge in [-0.25, -0.2) is 17.6 Å². The van der Waals surface area contributed by atoms with Gasteiger partial charge in [-0.2, -0.15) is 0 Å². The molecule has 24 heavy (non-hydrogen) atoms. The lowest BCUT2D eigenvalue weighted by Gasteiger charge is -2.34. The van der Waals surface area contributed by atoms with Gasteiger partial charge in [-0.05, 0) is 36.6 Å². The lowest BCUT2D eigenvalue weighted by molar-refractivity contribution is -0.0558. The topological polar surface area (TPSA) is 38.9 Å². The molecule has 1 saturated carbocycles. The number of nitrogen functional groups attached to an aromatic ring is 1. The average molecular weight is 341 g/mol. The Hall–Kier alpha value is -2.11. The van der Waals surface area contributed by atoms with E-state index in [1.165, 1.54) is 12.3 Å². The number of alkyl halides is 2. The largest absolute Gasteiger partial charge is 0.397 e. The molecule has 0 bridgehead atoms. The van der Waals surface area contributed by atoms with Crippen LogP contribution in [0.4, 0.5) is 23.2 Å². The molecule has 0 amide bonds. The third-order valence-electron chi connectivity index (χ3n) is 4.42. The van der Waals surface area contributed by atoms with Crippen molar-refractivity contribution in [3.8, 4) is 11.1 Å². The van der Waals surface area contributed by atoms with Gasteiger partial charge in [-0.3, -0.25) is 4.98 Å². The third-order valence-corrected chi connectivity index (χ3v) is 4.42. The lowest BCUT2D eigenvalue weighted by atomic mass is 9.76. The number of nitrogens with two attached hydrogens (primary N) is 1. The highest BCUT2D eigenvalue weighted by molar-refractivity contribution is 5.78. The van der Waals surface area contributed by atoms with Crippen LogP contribution in [0.25, 0.3) is 11.1 Å². The first kappa shape index (κ1) is 13.2. The summed E-state index contributed by atoms with van der Waals surface area (Å²) in [5.74, 6) is -6.60. The molecule has 2 atom stereocenters. The number of pyridine rings is 1. The molecule has 0 radical (unpaired) electrons. The molecule has 1 aliphatic carbocycles. The first-order valence-corrected chi connectivity index (χ1v) is 7.57. The van der Waals surface area contributed by atoms with Gasteiger partial charge in [-0.15, -0.1) is 0 Å². The van der Waals surface area contributed by atoms with Crippen LogP contribution in [0.15, 0.2) is 30.5 Å². The van der Waals surface area contributed by atoms with E-state index in [4.69, 9.17) is 9.85 Å². The zero-order chi connectivity index (χ0) is 20.0. The number of rotatable bonds is 2. The van der Waals surface area contributed by atoms with E-state index in [9.17, 15) is 17.6 Å². The molecular formula is C18H18F4N2. The number of anilines is 1. The van der Waals surface area contributed by atoms with Crippen molar-refractivity contribution in [2.45, 2.75) is 38.0 Å². The van der Waals surface area contributed by atoms with Crippen LogP contribution in [0.2, 0.25) is 0 Å². The van der Waals surface area contributed by atoms with Crippen molar-refractivity contribution < 1.29 is 21.7 Å². The van der Waals surface area contributed by atoms with Crippen LogP contribution in [0.1, 0.15) is 41.8 Å². The van der Waals surface area contributed by atoms with Crippen LogP contribution in [-0.2, 0) is 0 Å². The van der Waals surface area contributed by atoms with E-state index < -0.39 is 49.1 Å². The van der Waals surface area contributed by atoms with Gasteiger partial charge in [0.15, 0.2) is 0 Å². The molecule has 0 unspecified atom stereocenters. The first-order valence-electron chi connectivity index (χ1n) is 9.07. The van der Waals surface area contributed by atoms with Gasteiger partial charge in [0, 0.05) is 40.2 Å². The van der Waals surface area contributed by atoms with E-state index in [1.54, 1.807) is 0 Å². The van der Waals surface area contributed by atoms with Crippen LogP contribution in [0.5, 0.6) is 0 Å². The summed E-state index contributed by atoms with van der Waals surface area (Å²) in [7, 11) is 0. The zero-order valence-electron chi connectivity index (χ0n) is 15.7. The molecule has 3 rings (SSSR count). The maximum absolute atomic E-state index is 14.1. The van der Waals surface area contributed by atoms with E-state index in [1.807, 2.05) is 0 Å². The van der Waals surface area contributed by atoms with E-state index in [0.29, 0.717) is 0 Å². The second-order valence-electron chi connectivity index (χ2n) is 6.09. The Morgan fingerprint density at radius 1 is 1.25 bits per heavy atom. The molecule has 1 aromatic carbocycles. The van der Waals surface area contributed by atoms with Crippen molar-refractivity contribution in [2.24, 2.45) is 5.92 Å². The summed E-state index contributed by atoms with van der Waals surface area (Å²) in [4.78, 5) is 4.12. The summed E-state index contributed by atoms with van der Waals surface area (Å²) < 4.78 is 78.3. The maximum atomic E-state index is 14.1. The molecule has 1 fully saturated rings. The molecule has 1 aliphatic rings. The molecule has 6 heteroatoms. The first-order chi connectivity index (χ1) is 12.5. The fourth-order valence-electron chi connectivity index (χ4n) is 3.18. The Balaban J connectivity index is 2.08. The molecular weight excluding hydrogens is 320 g/mol. The number of aromatic nitrogens is 1. The molecule has 1 aromatic heterocycles. The minimum absolute atomic E-state index is 0.0218. The van der Waals surface area contributed by atoms with E-state index in [-0.39, 0.29) is 28.9 Å². The number of hydrogen-bond donors (Lipinski definition) is 1. The van der Waals surface area contributed by atoms with E-state index in [2.05, 4.69) is 4.98 Å². The summed E-state index contributed by atoms with van der Waals surface area (Å²) in [6, 6.07) is 4.28. The van der Waals surface area contributed by atoms with Crippen molar-refractivity contribution in [3.05, 3.63) is 47.8 Å². The quantitative estimate of drug-likeness (QED) is 0.768. The molecule has 1 heterocycles. The minimum atomic E-state index is -3.07. The Labute approximate surface area is 141 Å². The molecule has 128 valence electrons. The highest BCUT2D eigenvalue weighted by Crippen LogP contribution is 2.46. The SMILES string of the molecule is [2H]C([2H])([2H])[C@@H]1CC(F)(F)CC[C@H]1c1nccc(-c2cc(F)ccc2F)c1N. The van der Waals surface area contributed by atoms with Crippen molar-refractivity contribution in [1.82, 2.24) is 4.98 Å². The van der Waals surface area contributed by atoms with E-state index in [0.717, 1.165) is 18.2 Å². The minimum Gasteiger partial charge on any atom is -0.397 e. The molecule has 2 aromatic rings. The number of halogens is 4. The summed E-state index contributed by atoms with van der Waals surface area (Å²) in [6.45, 7) is -2.62. The Morgan fingerprint density at radius 3 is 2.79 bits per heavy atom. The van der Waals surface area contributed by atoms with Crippen LogP contribution in [-0.4, -0.2) is 10.9 Å². The molecule has 0 saturated heterocycles. The van der Waals surface area contributed by atoms with Crippen LogP contribution < -0.4 is 5.73 Å². The van der Waals surface area contributed by atoms with Crippen molar-refractivity contribution in [2.75, 3.05) is 5.73 Å². The fraction of sp³-hybridized carbons (Fsp3) is 0.389. The van der Waals surface area contributed by atoms with Gasteiger partial charge >= 0.3 is 0 Å². The normalized spacial score (nSPS) is 25.6. The standard InChI is InChI=1S/C18H18F4N2/c1-10-9-18(21,22)6-4-12(10)17-16(23)13(5-7-24-17)14-8-11(19)2-3-15(14)20/h2-3,5,7-8,10,12H,4,6,9,23H2,1H3/t10-,12-/m1/s1/i1D3. The van der Waals surface area contributed by atoms with Gasteiger partial charge in [-0.1, -0.05) is 6.85 Å². The Morgan fingerprint density at radius 2 is 2.04 bits per heavy atom. The van der Waals surface area contributed by atoms with Gasteiger partial charge in [0.2, 0.25) is 5.92 Å². The van der Waals surface area contributed by atoms with Crippen molar-refractivity contribution in [3.63, 3.8) is 0 Å². The third kappa shape index (κ3) is 3.09. The average Bonchev–Trinajstić information content (AvgIpc) is 2.56. The van der Waals surface area contributed by atoms with Crippen LogP contribution >= 0.6 is 0 Å². The van der Waals surface area contributed by atoms with Gasteiger partial charge in [0.25, 0.3) is 0 Å². The number of nitrogens with zero attached hydrogens (tertiary/aromatic N) is 1. The fourth-order valence-corrected chi connectivity index (χ4v) is 3.18. The highest BCUT2D eigenvalue weighted by Gasteiger charge is 2.41. The monoisotopic (exact) mass is 341 g/mol. The van der Waals surface area contributed by atoms with Crippen molar-refractivity contribution >= 4 is 5.69 Å². The lowest BCUT2D eigenvalue weighted by Crippen LogP contribution is -2.30. The molecule has 0 spiro atoms. The second-order valence-corrected chi connectivity index (χ2v) is 6.09. The predicted octanol–water partition coefficient (Wildman–Crippen LogP) is 5.15. The Kier molecular flexibility index (Phi) is 3.34. The predicted molar refractivity (Wildman–Crippen MR) is 84.7 cm³/mol.